The average Bonchev–Trinajstić information content (AvgIpc) is 3.15. The van der Waals surface area contributed by atoms with E-state index in [-0.39, 0.29) is 11.6 Å². The molecule has 0 saturated carbocycles. The van der Waals surface area contributed by atoms with Crippen LogP contribution >= 0.6 is 23.1 Å². The van der Waals surface area contributed by atoms with E-state index in [0.717, 1.165) is 37.3 Å². The molecule has 0 bridgehead atoms. The Labute approximate surface area is 139 Å². The molecule has 2 fully saturated rings. The largest absolute Gasteiger partial charge is 0.462 e. The van der Waals surface area contributed by atoms with Crippen molar-refractivity contribution in [1.82, 2.24) is 10.3 Å². The fourth-order valence-electron chi connectivity index (χ4n) is 3.06. The molecule has 2 saturated heterocycles. The predicted octanol–water partition coefficient (Wildman–Crippen LogP) is 2.46. The second kappa shape index (κ2) is 7.29. The van der Waals surface area contributed by atoms with Gasteiger partial charge in [0.15, 0.2) is 0 Å². The number of thiazole rings is 1. The Balaban J connectivity index is 1.56. The van der Waals surface area contributed by atoms with E-state index in [4.69, 9.17) is 9.47 Å². The van der Waals surface area contributed by atoms with E-state index in [1.165, 1.54) is 17.1 Å². The molecule has 3 heterocycles. The number of thioether (sulfide) groups is 1. The van der Waals surface area contributed by atoms with E-state index >= 15 is 0 Å². The van der Waals surface area contributed by atoms with Gasteiger partial charge in [-0.25, -0.2) is 9.78 Å². The molecule has 0 aromatic carbocycles. The zero-order valence-corrected chi connectivity index (χ0v) is 14.4. The number of hydrogen-bond donors (Lipinski definition) is 1. The maximum Gasteiger partial charge on any atom is 0.350 e. The molecule has 3 rings (SSSR count). The number of ether oxygens (including phenoxy) is 2. The van der Waals surface area contributed by atoms with Gasteiger partial charge in [0.05, 0.1) is 23.4 Å². The van der Waals surface area contributed by atoms with Crippen LogP contribution < -0.4 is 5.32 Å². The summed E-state index contributed by atoms with van der Waals surface area (Å²) in [6.07, 6.45) is 3.23. The Morgan fingerprint density at radius 2 is 2.55 bits per heavy atom. The minimum Gasteiger partial charge on any atom is -0.462 e. The van der Waals surface area contributed by atoms with Gasteiger partial charge < -0.3 is 14.8 Å². The molecule has 122 valence electrons. The van der Waals surface area contributed by atoms with Gasteiger partial charge in [-0.1, -0.05) is 0 Å². The van der Waals surface area contributed by atoms with Gasteiger partial charge in [-0.05, 0) is 31.9 Å². The zero-order chi connectivity index (χ0) is 15.4. The van der Waals surface area contributed by atoms with Crippen LogP contribution in [0.3, 0.4) is 0 Å². The lowest BCUT2D eigenvalue weighted by atomic mass is 9.90. The number of carbonyl (C=O) groups is 1. The first-order valence-corrected chi connectivity index (χ1v) is 9.80. The highest BCUT2D eigenvalue weighted by molar-refractivity contribution is 7.99. The molecule has 1 aromatic heterocycles. The van der Waals surface area contributed by atoms with Gasteiger partial charge >= 0.3 is 5.97 Å². The quantitative estimate of drug-likeness (QED) is 0.830. The molecule has 1 aromatic rings. The summed E-state index contributed by atoms with van der Waals surface area (Å²) in [6.45, 7) is 3.65. The van der Waals surface area contributed by atoms with Gasteiger partial charge in [0.25, 0.3) is 0 Å². The lowest BCUT2D eigenvalue weighted by Gasteiger charge is -2.38. The van der Waals surface area contributed by atoms with Crippen molar-refractivity contribution in [2.24, 2.45) is 0 Å². The third kappa shape index (κ3) is 3.64. The van der Waals surface area contributed by atoms with Crippen molar-refractivity contribution < 1.29 is 14.3 Å². The van der Waals surface area contributed by atoms with E-state index < -0.39 is 0 Å². The Hall–Kier alpha value is -0.630. The van der Waals surface area contributed by atoms with Crippen molar-refractivity contribution in [3.05, 3.63) is 16.1 Å². The van der Waals surface area contributed by atoms with Crippen molar-refractivity contribution in [2.75, 3.05) is 24.7 Å². The molecule has 2 atom stereocenters. The molecule has 0 radical (unpaired) electrons. The van der Waals surface area contributed by atoms with E-state index in [1.807, 2.05) is 18.7 Å². The van der Waals surface area contributed by atoms with E-state index in [9.17, 15) is 4.79 Å². The predicted molar refractivity (Wildman–Crippen MR) is 88.6 cm³/mol. The van der Waals surface area contributed by atoms with E-state index in [1.54, 1.807) is 5.51 Å². The number of hydrogen-bond acceptors (Lipinski definition) is 7. The molecule has 1 spiro atoms. The molecule has 2 aliphatic rings. The van der Waals surface area contributed by atoms with Crippen molar-refractivity contribution in [1.29, 1.82) is 0 Å². The summed E-state index contributed by atoms with van der Waals surface area (Å²) >= 11 is 3.33. The molecule has 2 aliphatic heterocycles. The maximum atomic E-state index is 11.9. The SMILES string of the molecule is CCOC(=O)c1scnc1CN[C@H]1CCO[C@]2(CCSC2)C1. The molecule has 22 heavy (non-hydrogen) atoms. The molecular weight excluding hydrogens is 320 g/mol. The first-order chi connectivity index (χ1) is 10.7. The highest BCUT2D eigenvalue weighted by atomic mass is 32.2. The Morgan fingerprint density at radius 1 is 1.64 bits per heavy atom. The molecular formula is C15H22N2O3S2. The van der Waals surface area contributed by atoms with E-state index in [2.05, 4.69) is 10.3 Å². The van der Waals surface area contributed by atoms with Crippen LogP contribution in [0.5, 0.6) is 0 Å². The summed E-state index contributed by atoms with van der Waals surface area (Å²) in [5, 5.41) is 3.56. The Kier molecular flexibility index (Phi) is 5.38. The van der Waals surface area contributed by atoms with Crippen LogP contribution in [-0.2, 0) is 16.0 Å². The lowest BCUT2D eigenvalue weighted by molar-refractivity contribution is -0.0703. The van der Waals surface area contributed by atoms with Gasteiger partial charge in [-0.2, -0.15) is 11.8 Å². The molecule has 1 N–H and O–H groups in total. The summed E-state index contributed by atoms with van der Waals surface area (Å²) < 4.78 is 11.1. The van der Waals surface area contributed by atoms with Crippen molar-refractivity contribution >= 4 is 29.1 Å². The summed E-state index contributed by atoms with van der Waals surface area (Å²) in [5.74, 6) is 2.04. The van der Waals surface area contributed by atoms with Gasteiger partial charge in [0, 0.05) is 24.9 Å². The van der Waals surface area contributed by atoms with Crippen molar-refractivity contribution in [3.63, 3.8) is 0 Å². The summed E-state index contributed by atoms with van der Waals surface area (Å²) in [7, 11) is 0. The minimum absolute atomic E-state index is 0.0760. The van der Waals surface area contributed by atoms with Crippen molar-refractivity contribution in [2.45, 2.75) is 44.4 Å². The molecule has 0 unspecified atom stereocenters. The smallest absolute Gasteiger partial charge is 0.350 e. The van der Waals surface area contributed by atoms with Gasteiger partial charge in [-0.3, -0.25) is 0 Å². The average molecular weight is 342 g/mol. The molecule has 0 aliphatic carbocycles. The summed E-state index contributed by atoms with van der Waals surface area (Å²) in [5.41, 5.74) is 2.58. The van der Waals surface area contributed by atoms with Crippen LogP contribution in [0.2, 0.25) is 0 Å². The number of aromatic nitrogens is 1. The summed E-state index contributed by atoms with van der Waals surface area (Å²) in [6, 6.07) is 0.434. The first-order valence-electron chi connectivity index (χ1n) is 7.77. The summed E-state index contributed by atoms with van der Waals surface area (Å²) in [4.78, 5) is 16.8. The Morgan fingerprint density at radius 3 is 3.32 bits per heavy atom. The van der Waals surface area contributed by atoms with Gasteiger partial charge in [0.2, 0.25) is 0 Å². The number of carbonyl (C=O) groups excluding carboxylic acids is 1. The van der Waals surface area contributed by atoms with Crippen LogP contribution in [0.25, 0.3) is 0 Å². The van der Waals surface area contributed by atoms with Crippen LogP contribution in [-0.4, -0.2) is 47.3 Å². The fraction of sp³-hybridized carbons (Fsp3) is 0.733. The number of rotatable bonds is 5. The van der Waals surface area contributed by atoms with E-state index in [0.29, 0.717) is 24.1 Å². The Bertz CT molecular complexity index is 515. The second-order valence-corrected chi connectivity index (χ2v) is 7.71. The maximum absolute atomic E-state index is 11.9. The molecule has 0 amide bonds. The van der Waals surface area contributed by atoms with Crippen LogP contribution in [0.15, 0.2) is 5.51 Å². The zero-order valence-electron chi connectivity index (χ0n) is 12.8. The highest BCUT2D eigenvalue weighted by Crippen LogP contribution is 2.38. The lowest BCUT2D eigenvalue weighted by Crippen LogP contribution is -2.47. The first kappa shape index (κ1) is 16.2. The number of nitrogens with zero attached hydrogens (tertiary/aromatic N) is 1. The normalized spacial score (nSPS) is 28.1. The fourth-order valence-corrected chi connectivity index (χ4v) is 5.14. The third-order valence-corrected chi connectivity index (χ3v) is 6.29. The molecule has 5 nitrogen and oxygen atoms in total. The van der Waals surface area contributed by atoms with Crippen LogP contribution in [0.4, 0.5) is 0 Å². The number of esters is 1. The second-order valence-electron chi connectivity index (χ2n) is 5.75. The minimum atomic E-state index is -0.266. The molecule has 7 heteroatoms. The standard InChI is InChI=1S/C15H22N2O3S2/c1-2-19-14(18)13-12(17-10-22-13)8-16-11-3-5-20-15(7-11)4-6-21-9-15/h10-11,16H,2-9H2,1H3/t11-,15+/m0/s1. The van der Waals surface area contributed by atoms with Gasteiger partial charge in [-0.15, -0.1) is 11.3 Å². The van der Waals surface area contributed by atoms with Gasteiger partial charge in [0.1, 0.15) is 4.88 Å². The highest BCUT2D eigenvalue weighted by Gasteiger charge is 2.40. The van der Waals surface area contributed by atoms with Crippen LogP contribution in [0, 0.1) is 0 Å². The third-order valence-electron chi connectivity index (χ3n) is 4.22. The monoisotopic (exact) mass is 342 g/mol. The topological polar surface area (TPSA) is 60.5 Å². The van der Waals surface area contributed by atoms with Crippen molar-refractivity contribution in [3.8, 4) is 0 Å². The van der Waals surface area contributed by atoms with Crippen LogP contribution in [0.1, 0.15) is 41.6 Å². The number of nitrogens with one attached hydrogen (secondary N) is 1.